The van der Waals surface area contributed by atoms with Crippen molar-refractivity contribution >= 4 is 40.0 Å². The summed E-state index contributed by atoms with van der Waals surface area (Å²) in [4.78, 5) is 16.6. The molecule has 4 rings (SSSR count). The Morgan fingerprint density at radius 3 is 2.39 bits per heavy atom. The summed E-state index contributed by atoms with van der Waals surface area (Å²) in [5, 5.41) is 5.94. The molecule has 0 bridgehead atoms. The first-order chi connectivity index (χ1) is 13.7. The third kappa shape index (κ3) is 4.24. The van der Waals surface area contributed by atoms with Gasteiger partial charge < -0.3 is 9.73 Å². The Morgan fingerprint density at radius 1 is 0.929 bits per heavy atom. The van der Waals surface area contributed by atoms with Crippen molar-refractivity contribution < 1.29 is 9.21 Å². The molecule has 6 heteroatoms. The van der Waals surface area contributed by atoms with Crippen molar-refractivity contribution in [3.63, 3.8) is 0 Å². The van der Waals surface area contributed by atoms with Crippen LogP contribution in [-0.2, 0) is 6.42 Å². The Morgan fingerprint density at radius 2 is 1.64 bits per heavy atom. The summed E-state index contributed by atoms with van der Waals surface area (Å²) >= 11 is 5.22. The van der Waals surface area contributed by atoms with Crippen LogP contribution in [0.1, 0.15) is 21.8 Å². The Bertz CT molecular complexity index is 1090. The first kappa shape index (κ1) is 17.9. The smallest absolute Gasteiger partial charge is 0.257 e. The number of nitrogens with one attached hydrogen (secondary N) is 2. The number of oxazole rings is 1. The van der Waals surface area contributed by atoms with E-state index >= 15 is 0 Å². The van der Waals surface area contributed by atoms with Crippen molar-refractivity contribution in [2.45, 2.75) is 6.42 Å². The number of rotatable bonds is 4. The molecule has 0 spiro atoms. The van der Waals surface area contributed by atoms with E-state index in [-0.39, 0.29) is 11.0 Å². The van der Waals surface area contributed by atoms with Crippen molar-refractivity contribution in [2.24, 2.45) is 0 Å². The third-order valence-electron chi connectivity index (χ3n) is 4.17. The Balaban J connectivity index is 1.36. The topological polar surface area (TPSA) is 67.2 Å². The number of fused-ring (bicyclic) bond motifs is 1. The van der Waals surface area contributed by atoms with E-state index in [1.165, 1.54) is 0 Å². The monoisotopic (exact) mass is 387 g/mol. The van der Waals surface area contributed by atoms with Gasteiger partial charge in [0.2, 0.25) is 0 Å². The van der Waals surface area contributed by atoms with Gasteiger partial charge in [-0.05, 0) is 54.2 Å². The van der Waals surface area contributed by atoms with Gasteiger partial charge in [0.25, 0.3) is 5.91 Å². The van der Waals surface area contributed by atoms with Crippen LogP contribution in [-0.4, -0.2) is 16.0 Å². The fourth-order valence-corrected chi connectivity index (χ4v) is 3.01. The highest BCUT2D eigenvalue weighted by Gasteiger charge is 2.08. The van der Waals surface area contributed by atoms with Gasteiger partial charge in [-0.1, -0.05) is 42.5 Å². The van der Waals surface area contributed by atoms with Gasteiger partial charge in [0.1, 0.15) is 5.52 Å². The van der Waals surface area contributed by atoms with Crippen LogP contribution < -0.4 is 10.6 Å². The summed E-state index contributed by atoms with van der Waals surface area (Å²) in [6.45, 7) is 0. The summed E-state index contributed by atoms with van der Waals surface area (Å²) in [7, 11) is 0. The van der Waals surface area contributed by atoms with E-state index in [9.17, 15) is 4.79 Å². The van der Waals surface area contributed by atoms with Crippen LogP contribution in [0.15, 0.2) is 83.3 Å². The van der Waals surface area contributed by atoms with Crippen LogP contribution >= 0.6 is 12.2 Å². The number of carbonyl (C=O) groups is 1. The molecular weight excluding hydrogens is 370 g/mol. The van der Waals surface area contributed by atoms with Crippen LogP contribution in [0.3, 0.4) is 0 Å². The fraction of sp³-hybridized carbons (Fsp3) is 0.0455. The van der Waals surface area contributed by atoms with E-state index in [0.29, 0.717) is 17.9 Å². The predicted molar refractivity (Wildman–Crippen MR) is 113 cm³/mol. The number of hydrogen-bond donors (Lipinski definition) is 2. The highest BCUT2D eigenvalue weighted by Crippen LogP contribution is 2.18. The van der Waals surface area contributed by atoms with Gasteiger partial charge in [-0.15, -0.1) is 0 Å². The molecule has 28 heavy (non-hydrogen) atoms. The number of thiocarbonyl (C=S) groups is 1. The Kier molecular flexibility index (Phi) is 5.12. The molecule has 1 amide bonds. The van der Waals surface area contributed by atoms with Gasteiger partial charge in [-0.3, -0.25) is 10.1 Å². The van der Waals surface area contributed by atoms with Crippen molar-refractivity contribution in [3.8, 4) is 0 Å². The second-order valence-electron chi connectivity index (χ2n) is 6.22. The van der Waals surface area contributed by atoms with E-state index in [0.717, 1.165) is 22.4 Å². The molecule has 138 valence electrons. The lowest BCUT2D eigenvalue weighted by atomic mass is 10.1. The maximum Gasteiger partial charge on any atom is 0.257 e. The van der Waals surface area contributed by atoms with Crippen molar-refractivity contribution in [3.05, 3.63) is 95.9 Å². The molecule has 0 unspecified atom stereocenters. The van der Waals surface area contributed by atoms with Gasteiger partial charge in [0.05, 0.1) is 0 Å². The standard InChI is InChI=1S/C22H17N3O2S/c26-21(16-6-2-1-3-7-16)25-22(28)23-17-12-10-15(11-13-17)14-20-24-18-8-4-5-9-19(18)27-20/h1-13H,14H2,(H2,23,25,26,28). The van der Waals surface area contributed by atoms with E-state index in [2.05, 4.69) is 15.6 Å². The molecule has 0 fully saturated rings. The second-order valence-corrected chi connectivity index (χ2v) is 6.63. The number of hydrogen-bond acceptors (Lipinski definition) is 4. The van der Waals surface area contributed by atoms with Crippen LogP contribution in [0.2, 0.25) is 0 Å². The summed E-state index contributed by atoms with van der Waals surface area (Å²) in [6.07, 6.45) is 0.601. The van der Waals surface area contributed by atoms with E-state index < -0.39 is 0 Å². The lowest BCUT2D eigenvalue weighted by Crippen LogP contribution is -2.34. The minimum Gasteiger partial charge on any atom is -0.440 e. The lowest BCUT2D eigenvalue weighted by molar-refractivity contribution is 0.0977. The van der Waals surface area contributed by atoms with Gasteiger partial charge in [0, 0.05) is 17.7 Å². The Hall–Kier alpha value is -3.51. The molecule has 0 saturated carbocycles. The van der Waals surface area contributed by atoms with Crippen LogP contribution in [0.25, 0.3) is 11.1 Å². The minimum absolute atomic E-state index is 0.245. The summed E-state index contributed by atoms with van der Waals surface area (Å²) in [5.41, 5.74) is 4.06. The highest BCUT2D eigenvalue weighted by molar-refractivity contribution is 7.80. The van der Waals surface area contributed by atoms with Crippen LogP contribution in [0, 0.1) is 0 Å². The van der Waals surface area contributed by atoms with Crippen molar-refractivity contribution in [1.82, 2.24) is 10.3 Å². The number of para-hydroxylation sites is 2. The highest BCUT2D eigenvalue weighted by atomic mass is 32.1. The molecule has 0 atom stereocenters. The largest absolute Gasteiger partial charge is 0.440 e. The van der Waals surface area contributed by atoms with Gasteiger partial charge in [0.15, 0.2) is 16.6 Å². The average molecular weight is 387 g/mol. The van der Waals surface area contributed by atoms with E-state index in [1.807, 2.05) is 54.6 Å². The first-order valence-corrected chi connectivity index (χ1v) is 9.19. The molecule has 5 nitrogen and oxygen atoms in total. The average Bonchev–Trinajstić information content (AvgIpc) is 3.12. The van der Waals surface area contributed by atoms with E-state index in [1.54, 1.807) is 24.3 Å². The zero-order chi connectivity index (χ0) is 19.3. The number of aromatic nitrogens is 1. The quantitative estimate of drug-likeness (QED) is 0.503. The maximum atomic E-state index is 12.1. The number of carbonyl (C=O) groups excluding carboxylic acids is 1. The molecule has 0 aliphatic rings. The molecule has 0 saturated heterocycles. The van der Waals surface area contributed by atoms with Crippen molar-refractivity contribution in [2.75, 3.05) is 5.32 Å². The third-order valence-corrected chi connectivity index (χ3v) is 4.37. The SMILES string of the molecule is O=C(NC(=S)Nc1ccc(Cc2nc3ccccc3o2)cc1)c1ccccc1. The second kappa shape index (κ2) is 8.02. The maximum absolute atomic E-state index is 12.1. The summed E-state index contributed by atoms with van der Waals surface area (Å²) in [6, 6.07) is 24.4. The summed E-state index contributed by atoms with van der Waals surface area (Å²) < 4.78 is 5.76. The molecule has 1 heterocycles. The lowest BCUT2D eigenvalue weighted by Gasteiger charge is -2.10. The van der Waals surface area contributed by atoms with Gasteiger partial charge in [-0.2, -0.15) is 0 Å². The predicted octanol–water partition coefficient (Wildman–Crippen LogP) is 4.55. The summed E-state index contributed by atoms with van der Waals surface area (Å²) in [5.74, 6) is 0.429. The zero-order valence-corrected chi connectivity index (χ0v) is 15.7. The molecule has 4 aromatic rings. The van der Waals surface area contributed by atoms with Gasteiger partial charge in [-0.25, -0.2) is 4.98 Å². The van der Waals surface area contributed by atoms with E-state index in [4.69, 9.17) is 16.6 Å². The minimum atomic E-state index is -0.245. The van der Waals surface area contributed by atoms with Crippen LogP contribution in [0.4, 0.5) is 5.69 Å². The molecule has 2 N–H and O–H groups in total. The molecule has 3 aromatic carbocycles. The van der Waals surface area contributed by atoms with Crippen LogP contribution in [0.5, 0.6) is 0 Å². The van der Waals surface area contributed by atoms with Gasteiger partial charge >= 0.3 is 0 Å². The molecule has 0 aliphatic heterocycles. The fourth-order valence-electron chi connectivity index (χ4n) is 2.80. The molecule has 1 aromatic heterocycles. The molecular formula is C22H17N3O2S. The Labute approximate surface area is 167 Å². The number of amides is 1. The normalized spacial score (nSPS) is 10.6. The zero-order valence-electron chi connectivity index (χ0n) is 14.9. The number of anilines is 1. The molecule has 0 aliphatic carbocycles. The first-order valence-electron chi connectivity index (χ1n) is 8.78. The molecule has 0 radical (unpaired) electrons. The number of nitrogens with zero attached hydrogens (tertiary/aromatic N) is 1. The van der Waals surface area contributed by atoms with Crippen molar-refractivity contribution in [1.29, 1.82) is 0 Å². The number of benzene rings is 3.